The van der Waals surface area contributed by atoms with E-state index in [1.165, 1.54) is 18.4 Å². The number of amides is 1. The highest BCUT2D eigenvalue weighted by Gasteiger charge is 2.29. The van der Waals surface area contributed by atoms with Gasteiger partial charge in [0.1, 0.15) is 12.3 Å². The second-order valence-electron chi connectivity index (χ2n) is 5.10. The number of nitrogens with zero attached hydrogens (tertiary/aromatic N) is 2. The van der Waals surface area contributed by atoms with Gasteiger partial charge in [-0.3, -0.25) is 9.59 Å². The third-order valence-corrected chi connectivity index (χ3v) is 4.58. The molecule has 1 saturated carbocycles. The van der Waals surface area contributed by atoms with Crippen molar-refractivity contribution in [3.05, 3.63) is 23.0 Å². The van der Waals surface area contributed by atoms with Crippen LogP contribution in [0.2, 0.25) is 0 Å². The van der Waals surface area contributed by atoms with Crippen LogP contribution in [0.1, 0.15) is 12.8 Å². The molecule has 1 aromatic carbocycles. The molecule has 0 radical (unpaired) electrons. The van der Waals surface area contributed by atoms with Crippen molar-refractivity contribution in [1.29, 1.82) is 0 Å². The predicted octanol–water partition coefficient (Wildman–Crippen LogP) is 1.72. The summed E-state index contributed by atoms with van der Waals surface area (Å²) in [5, 5.41) is 0. The normalized spacial score (nSPS) is 15.1. The number of benzene rings is 1. The van der Waals surface area contributed by atoms with Crippen molar-refractivity contribution >= 4 is 33.4 Å². The van der Waals surface area contributed by atoms with Crippen LogP contribution in [0.4, 0.5) is 0 Å². The summed E-state index contributed by atoms with van der Waals surface area (Å²) in [5.74, 6) is 0.276. The van der Waals surface area contributed by atoms with Crippen molar-refractivity contribution in [2.24, 2.45) is 10.9 Å². The van der Waals surface area contributed by atoms with Crippen molar-refractivity contribution < 1.29 is 19.1 Å². The Morgan fingerprint density at radius 3 is 2.77 bits per heavy atom. The van der Waals surface area contributed by atoms with Crippen LogP contribution in [0.5, 0.6) is 5.75 Å². The summed E-state index contributed by atoms with van der Waals surface area (Å²) in [7, 11) is 2.94. The van der Waals surface area contributed by atoms with Gasteiger partial charge in [-0.25, -0.2) is 0 Å². The molecule has 0 N–H and O–H groups in total. The summed E-state index contributed by atoms with van der Waals surface area (Å²) >= 11 is 1.37. The van der Waals surface area contributed by atoms with Crippen LogP contribution in [0, 0.1) is 5.92 Å². The minimum absolute atomic E-state index is 0.0274. The highest BCUT2D eigenvalue weighted by molar-refractivity contribution is 7.16. The number of thiazole rings is 1. The lowest BCUT2D eigenvalue weighted by molar-refractivity contribution is -0.141. The Morgan fingerprint density at radius 2 is 2.14 bits per heavy atom. The minimum atomic E-state index is -0.379. The highest BCUT2D eigenvalue weighted by atomic mass is 32.1. The molecule has 1 amide bonds. The molecule has 0 bridgehead atoms. The number of fused-ring (bicyclic) bond motifs is 1. The Bertz CT molecular complexity index is 801. The predicted molar refractivity (Wildman–Crippen MR) is 81.7 cm³/mol. The van der Waals surface area contributed by atoms with Crippen molar-refractivity contribution in [3.8, 4) is 5.75 Å². The van der Waals surface area contributed by atoms with E-state index in [-0.39, 0.29) is 24.3 Å². The lowest BCUT2D eigenvalue weighted by Crippen LogP contribution is -2.22. The first-order valence-corrected chi connectivity index (χ1v) is 7.77. The second kappa shape index (κ2) is 5.92. The SMILES string of the molecule is COC(=O)Cn1c(=NC(=O)C2CC2)sc2cc(OC)ccc21. The molecule has 7 heteroatoms. The maximum absolute atomic E-state index is 12.0. The summed E-state index contributed by atoms with van der Waals surface area (Å²) in [5.41, 5.74) is 0.832. The molecule has 0 spiro atoms. The van der Waals surface area contributed by atoms with Gasteiger partial charge in [-0.2, -0.15) is 4.99 Å². The maximum Gasteiger partial charge on any atom is 0.325 e. The number of rotatable bonds is 4. The van der Waals surface area contributed by atoms with Gasteiger partial charge in [-0.15, -0.1) is 0 Å². The fourth-order valence-electron chi connectivity index (χ4n) is 2.13. The molecule has 22 heavy (non-hydrogen) atoms. The van der Waals surface area contributed by atoms with E-state index in [1.54, 1.807) is 11.7 Å². The molecule has 6 nitrogen and oxygen atoms in total. The first-order chi connectivity index (χ1) is 10.6. The van der Waals surface area contributed by atoms with Crippen molar-refractivity contribution in [1.82, 2.24) is 4.57 Å². The Morgan fingerprint density at radius 1 is 1.36 bits per heavy atom. The molecule has 0 aliphatic heterocycles. The Kier molecular flexibility index (Phi) is 3.98. The van der Waals surface area contributed by atoms with Crippen LogP contribution in [-0.4, -0.2) is 30.7 Å². The maximum atomic E-state index is 12.0. The largest absolute Gasteiger partial charge is 0.497 e. The smallest absolute Gasteiger partial charge is 0.325 e. The topological polar surface area (TPSA) is 69.9 Å². The minimum Gasteiger partial charge on any atom is -0.497 e. The molecule has 1 aromatic heterocycles. The first-order valence-electron chi connectivity index (χ1n) is 6.95. The molecule has 2 aromatic rings. The van der Waals surface area contributed by atoms with Gasteiger partial charge in [0.25, 0.3) is 5.91 Å². The average molecular weight is 320 g/mol. The van der Waals surface area contributed by atoms with E-state index in [9.17, 15) is 9.59 Å². The number of carbonyl (C=O) groups excluding carboxylic acids is 2. The number of carbonyl (C=O) groups is 2. The van der Waals surface area contributed by atoms with Gasteiger partial charge in [-0.1, -0.05) is 11.3 Å². The van der Waals surface area contributed by atoms with Gasteiger partial charge in [0.15, 0.2) is 4.80 Å². The number of methoxy groups -OCH3 is 2. The van der Waals surface area contributed by atoms with Gasteiger partial charge in [0.2, 0.25) is 0 Å². The molecule has 1 fully saturated rings. The van der Waals surface area contributed by atoms with E-state index in [4.69, 9.17) is 9.47 Å². The Balaban J connectivity index is 2.12. The zero-order valence-corrected chi connectivity index (χ0v) is 13.2. The van der Waals surface area contributed by atoms with E-state index in [1.807, 2.05) is 18.2 Å². The summed E-state index contributed by atoms with van der Waals surface area (Å²) < 4.78 is 12.6. The average Bonchev–Trinajstić information content (AvgIpc) is 3.32. The van der Waals surface area contributed by atoms with Crippen molar-refractivity contribution in [2.75, 3.05) is 14.2 Å². The quantitative estimate of drug-likeness (QED) is 0.804. The summed E-state index contributed by atoms with van der Waals surface area (Å²) in [6.45, 7) is 0.0274. The monoisotopic (exact) mass is 320 g/mol. The van der Waals surface area contributed by atoms with Crippen LogP contribution in [-0.2, 0) is 20.9 Å². The van der Waals surface area contributed by atoms with Gasteiger partial charge >= 0.3 is 5.97 Å². The number of ether oxygens (including phenoxy) is 2. The van der Waals surface area contributed by atoms with Gasteiger partial charge in [-0.05, 0) is 31.0 Å². The molecular weight excluding hydrogens is 304 g/mol. The first kappa shape index (κ1) is 14.8. The number of esters is 1. The molecular formula is C15H16N2O4S. The third-order valence-electron chi connectivity index (χ3n) is 3.54. The van der Waals surface area contributed by atoms with Gasteiger partial charge in [0, 0.05) is 5.92 Å². The summed E-state index contributed by atoms with van der Waals surface area (Å²) in [4.78, 5) is 28.3. The molecule has 3 rings (SSSR count). The Hall–Kier alpha value is -2.15. The molecule has 0 saturated heterocycles. The standard InChI is InChI=1S/C15H16N2O4S/c1-20-10-5-6-11-12(7-10)22-15(16-14(19)9-3-4-9)17(11)8-13(18)21-2/h5-7,9H,3-4,8H2,1-2H3. The number of aromatic nitrogens is 1. The van der Waals surface area contributed by atoms with Crippen molar-refractivity contribution in [2.45, 2.75) is 19.4 Å². The summed E-state index contributed by atoms with van der Waals surface area (Å²) in [6, 6.07) is 5.54. The molecule has 1 aliphatic rings. The van der Waals surface area contributed by atoms with Crippen molar-refractivity contribution in [3.63, 3.8) is 0 Å². The van der Waals surface area contributed by atoms with Crippen LogP contribution in [0.3, 0.4) is 0 Å². The summed E-state index contributed by atoms with van der Waals surface area (Å²) in [6.07, 6.45) is 1.80. The Labute approximate surface area is 131 Å². The lowest BCUT2D eigenvalue weighted by atomic mass is 10.3. The zero-order chi connectivity index (χ0) is 15.7. The van der Waals surface area contributed by atoms with Crippen LogP contribution in [0.15, 0.2) is 23.2 Å². The van der Waals surface area contributed by atoms with E-state index in [2.05, 4.69) is 4.99 Å². The van der Waals surface area contributed by atoms with E-state index in [0.717, 1.165) is 28.8 Å². The second-order valence-corrected chi connectivity index (χ2v) is 6.11. The van der Waals surface area contributed by atoms with Crippen LogP contribution < -0.4 is 9.54 Å². The van der Waals surface area contributed by atoms with Crippen LogP contribution in [0.25, 0.3) is 10.2 Å². The van der Waals surface area contributed by atoms with E-state index >= 15 is 0 Å². The van der Waals surface area contributed by atoms with E-state index in [0.29, 0.717) is 4.80 Å². The number of hydrogen-bond donors (Lipinski definition) is 0. The zero-order valence-electron chi connectivity index (χ0n) is 12.4. The fourth-order valence-corrected chi connectivity index (χ4v) is 3.19. The molecule has 0 unspecified atom stereocenters. The molecule has 1 heterocycles. The molecule has 116 valence electrons. The molecule has 1 aliphatic carbocycles. The highest BCUT2D eigenvalue weighted by Crippen LogP contribution is 2.30. The lowest BCUT2D eigenvalue weighted by Gasteiger charge is -2.04. The fraction of sp³-hybridized carbons (Fsp3) is 0.400. The van der Waals surface area contributed by atoms with E-state index < -0.39 is 0 Å². The van der Waals surface area contributed by atoms with Gasteiger partial charge in [0.05, 0.1) is 24.4 Å². The molecule has 0 atom stereocenters. The van der Waals surface area contributed by atoms with Gasteiger partial charge < -0.3 is 14.0 Å². The van der Waals surface area contributed by atoms with Crippen LogP contribution >= 0.6 is 11.3 Å². The third kappa shape index (κ3) is 2.89. The number of hydrogen-bond acceptors (Lipinski definition) is 5.